The van der Waals surface area contributed by atoms with Crippen molar-refractivity contribution in [2.75, 3.05) is 6.61 Å². The molecule has 0 atom stereocenters. The number of aromatic amines is 1. The predicted molar refractivity (Wildman–Crippen MR) is 98.0 cm³/mol. The van der Waals surface area contributed by atoms with Crippen LogP contribution in [0.5, 0.6) is 5.75 Å². The van der Waals surface area contributed by atoms with Crippen molar-refractivity contribution in [2.45, 2.75) is 6.42 Å². The van der Waals surface area contributed by atoms with Crippen LogP contribution in [-0.4, -0.2) is 22.6 Å². The normalized spacial score (nSPS) is 13.0. The van der Waals surface area contributed by atoms with Gasteiger partial charge in [0.2, 0.25) is 0 Å². The first-order chi connectivity index (χ1) is 12.2. The van der Waals surface area contributed by atoms with E-state index in [-0.39, 0.29) is 5.78 Å². The van der Waals surface area contributed by atoms with Gasteiger partial charge in [0.15, 0.2) is 5.78 Å². The highest BCUT2D eigenvalue weighted by Crippen LogP contribution is 2.26. The first-order valence-electron chi connectivity index (χ1n) is 7.98. The maximum Gasteiger partial charge on any atom is 0.185 e. The number of fused-ring (bicyclic) bond motifs is 1. The van der Waals surface area contributed by atoms with Gasteiger partial charge in [-0.2, -0.15) is 5.10 Å². The summed E-state index contributed by atoms with van der Waals surface area (Å²) < 4.78 is 5.46. The molecule has 0 fully saturated rings. The van der Waals surface area contributed by atoms with Gasteiger partial charge in [0.1, 0.15) is 5.75 Å². The standard InChI is InChI=1S/C20H15ClN2O2/c21-16-4-1-13(2-5-16)18-12-17(22-23-18)6-7-19(24)14-3-8-20-15(11-14)9-10-25-20/h1-8,11-12H,9-10H2,(H,22,23)/b7-6+. The van der Waals surface area contributed by atoms with E-state index in [4.69, 9.17) is 16.3 Å². The summed E-state index contributed by atoms with van der Waals surface area (Å²) in [6.45, 7) is 0.685. The number of hydrogen-bond acceptors (Lipinski definition) is 3. The third kappa shape index (κ3) is 3.35. The van der Waals surface area contributed by atoms with Crippen LogP contribution in [-0.2, 0) is 6.42 Å². The molecule has 0 amide bonds. The molecule has 0 aliphatic carbocycles. The molecular formula is C20H15ClN2O2. The number of rotatable bonds is 4. The molecule has 3 aromatic rings. The number of aromatic nitrogens is 2. The van der Waals surface area contributed by atoms with Crippen LogP contribution >= 0.6 is 11.6 Å². The van der Waals surface area contributed by atoms with Crippen LogP contribution in [0.1, 0.15) is 21.6 Å². The van der Waals surface area contributed by atoms with Crippen molar-refractivity contribution >= 4 is 23.5 Å². The molecule has 25 heavy (non-hydrogen) atoms. The molecular weight excluding hydrogens is 336 g/mol. The third-order valence-corrected chi connectivity index (χ3v) is 4.38. The van der Waals surface area contributed by atoms with E-state index >= 15 is 0 Å². The SMILES string of the molecule is O=C(/C=C/c1cc(-c2ccc(Cl)cc2)n[nH]1)c1ccc2c(c1)CCO2. The highest BCUT2D eigenvalue weighted by molar-refractivity contribution is 6.30. The molecule has 4 nitrogen and oxygen atoms in total. The second-order valence-electron chi connectivity index (χ2n) is 5.83. The van der Waals surface area contributed by atoms with Crippen LogP contribution < -0.4 is 4.74 Å². The molecule has 5 heteroatoms. The second kappa shape index (κ2) is 6.57. The molecule has 0 radical (unpaired) electrons. The molecule has 0 unspecified atom stereocenters. The molecule has 1 N–H and O–H groups in total. The van der Waals surface area contributed by atoms with Crippen LogP contribution in [0.25, 0.3) is 17.3 Å². The van der Waals surface area contributed by atoms with Gasteiger partial charge in [-0.15, -0.1) is 0 Å². The van der Waals surface area contributed by atoms with E-state index in [1.165, 1.54) is 0 Å². The fourth-order valence-electron chi connectivity index (χ4n) is 2.79. The first kappa shape index (κ1) is 15.7. The third-order valence-electron chi connectivity index (χ3n) is 4.13. The lowest BCUT2D eigenvalue weighted by Crippen LogP contribution is -1.95. The number of ether oxygens (including phenoxy) is 1. The van der Waals surface area contributed by atoms with Crippen molar-refractivity contribution in [1.29, 1.82) is 0 Å². The minimum Gasteiger partial charge on any atom is -0.493 e. The summed E-state index contributed by atoms with van der Waals surface area (Å²) in [5.74, 6) is 0.832. The fraction of sp³-hybridized carbons (Fsp3) is 0.100. The maximum absolute atomic E-state index is 12.4. The Labute approximate surface area is 150 Å². The molecule has 0 saturated heterocycles. The van der Waals surface area contributed by atoms with Crippen molar-refractivity contribution in [3.63, 3.8) is 0 Å². The van der Waals surface area contributed by atoms with E-state index in [0.29, 0.717) is 17.2 Å². The number of ketones is 1. The molecule has 124 valence electrons. The number of nitrogens with one attached hydrogen (secondary N) is 1. The second-order valence-corrected chi connectivity index (χ2v) is 6.27. The van der Waals surface area contributed by atoms with Crippen molar-refractivity contribution in [2.24, 2.45) is 0 Å². The van der Waals surface area contributed by atoms with Crippen LogP contribution in [0.15, 0.2) is 54.6 Å². The van der Waals surface area contributed by atoms with Crippen LogP contribution in [0, 0.1) is 0 Å². The number of hydrogen-bond donors (Lipinski definition) is 1. The van der Waals surface area contributed by atoms with Gasteiger partial charge < -0.3 is 4.74 Å². The summed E-state index contributed by atoms with van der Waals surface area (Å²) in [5, 5.41) is 7.88. The zero-order valence-corrected chi connectivity index (χ0v) is 14.1. The summed E-state index contributed by atoms with van der Waals surface area (Å²) in [4.78, 5) is 12.4. The number of halogens is 1. The zero-order valence-electron chi connectivity index (χ0n) is 13.3. The van der Waals surface area contributed by atoms with Crippen molar-refractivity contribution in [1.82, 2.24) is 10.2 Å². The molecule has 2 heterocycles. The van der Waals surface area contributed by atoms with Gasteiger partial charge in [0.25, 0.3) is 0 Å². The molecule has 1 aromatic heterocycles. The summed E-state index contributed by atoms with van der Waals surface area (Å²) in [6.07, 6.45) is 4.14. The largest absolute Gasteiger partial charge is 0.493 e. The van der Waals surface area contributed by atoms with Crippen LogP contribution in [0.4, 0.5) is 0 Å². The molecule has 0 saturated carbocycles. The summed E-state index contributed by atoms with van der Waals surface area (Å²) in [6, 6.07) is 14.9. The number of nitrogens with zero attached hydrogens (tertiary/aromatic N) is 1. The summed E-state index contributed by atoms with van der Waals surface area (Å²) in [5.41, 5.74) is 4.29. The Morgan fingerprint density at radius 1 is 1.16 bits per heavy atom. The highest BCUT2D eigenvalue weighted by Gasteiger charge is 2.14. The van der Waals surface area contributed by atoms with Gasteiger partial charge in [0, 0.05) is 22.6 Å². The van der Waals surface area contributed by atoms with Gasteiger partial charge in [-0.25, -0.2) is 0 Å². The number of allylic oxidation sites excluding steroid dienone is 1. The van der Waals surface area contributed by atoms with Gasteiger partial charge in [0.05, 0.1) is 18.0 Å². The van der Waals surface area contributed by atoms with E-state index < -0.39 is 0 Å². The average Bonchev–Trinajstić information content (AvgIpc) is 3.29. The Hall–Kier alpha value is -2.85. The zero-order chi connectivity index (χ0) is 17.2. The predicted octanol–water partition coefficient (Wildman–Crippen LogP) is 4.56. The Balaban J connectivity index is 1.50. The Morgan fingerprint density at radius 3 is 2.84 bits per heavy atom. The number of benzene rings is 2. The molecule has 2 aromatic carbocycles. The average molecular weight is 351 g/mol. The Bertz CT molecular complexity index is 958. The Morgan fingerprint density at radius 2 is 2.00 bits per heavy atom. The lowest BCUT2D eigenvalue weighted by Gasteiger charge is -2.00. The molecule has 1 aliphatic rings. The monoisotopic (exact) mass is 350 g/mol. The topological polar surface area (TPSA) is 55.0 Å². The minimum atomic E-state index is -0.0441. The van der Waals surface area contributed by atoms with Gasteiger partial charge >= 0.3 is 0 Å². The smallest absolute Gasteiger partial charge is 0.185 e. The first-order valence-corrected chi connectivity index (χ1v) is 8.36. The fourth-order valence-corrected chi connectivity index (χ4v) is 2.92. The number of H-pyrrole nitrogens is 1. The van der Waals surface area contributed by atoms with Gasteiger partial charge in [-0.05, 0) is 54.1 Å². The van der Waals surface area contributed by atoms with Gasteiger partial charge in [-0.1, -0.05) is 23.7 Å². The molecule has 0 spiro atoms. The van der Waals surface area contributed by atoms with Crippen molar-refractivity contribution in [3.05, 3.63) is 76.5 Å². The quantitative estimate of drug-likeness (QED) is 0.554. The molecule has 4 rings (SSSR count). The molecule has 0 bridgehead atoms. The van der Waals surface area contributed by atoms with Crippen LogP contribution in [0.2, 0.25) is 5.02 Å². The number of carbonyl (C=O) groups excluding carboxylic acids is 1. The van der Waals surface area contributed by atoms with Crippen molar-refractivity contribution < 1.29 is 9.53 Å². The van der Waals surface area contributed by atoms with E-state index in [1.54, 1.807) is 18.2 Å². The maximum atomic E-state index is 12.4. The van der Waals surface area contributed by atoms with Gasteiger partial charge in [-0.3, -0.25) is 9.89 Å². The molecule has 1 aliphatic heterocycles. The lowest BCUT2D eigenvalue weighted by molar-refractivity contribution is 0.104. The summed E-state index contributed by atoms with van der Waals surface area (Å²) in [7, 11) is 0. The van der Waals surface area contributed by atoms with E-state index in [9.17, 15) is 4.79 Å². The summed E-state index contributed by atoms with van der Waals surface area (Å²) >= 11 is 5.90. The van der Waals surface area contributed by atoms with Crippen LogP contribution in [0.3, 0.4) is 0 Å². The highest BCUT2D eigenvalue weighted by atomic mass is 35.5. The van der Waals surface area contributed by atoms with E-state index in [0.717, 1.165) is 34.7 Å². The van der Waals surface area contributed by atoms with E-state index in [1.807, 2.05) is 42.5 Å². The van der Waals surface area contributed by atoms with E-state index in [2.05, 4.69) is 10.2 Å². The van der Waals surface area contributed by atoms with Crippen molar-refractivity contribution in [3.8, 4) is 17.0 Å². The number of carbonyl (C=O) groups is 1. The Kier molecular flexibility index (Phi) is 4.12. The minimum absolute atomic E-state index is 0.0441. The lowest BCUT2D eigenvalue weighted by atomic mass is 10.0.